The molecular formula is C11H19N3S. The first-order valence-corrected chi connectivity index (χ1v) is 6.48. The Morgan fingerprint density at radius 2 is 2.00 bits per heavy atom. The molecule has 0 radical (unpaired) electrons. The third-order valence-corrected chi connectivity index (χ3v) is 3.72. The Labute approximate surface area is 95.5 Å². The van der Waals surface area contributed by atoms with Crippen LogP contribution in [0.25, 0.3) is 0 Å². The van der Waals surface area contributed by atoms with E-state index in [2.05, 4.69) is 35.4 Å². The fraction of sp³-hybridized carbons (Fsp3) is 0.818. The van der Waals surface area contributed by atoms with Gasteiger partial charge in [-0.1, -0.05) is 26.7 Å². The standard InChI is InChI=1S/C11H19N3S/c1-8(2)9-12-10(15-14-9)13-11(3)6-4-5-7-11/h8H,4-7H2,1-3H3,(H,12,13,14). The van der Waals surface area contributed by atoms with E-state index in [4.69, 9.17) is 0 Å². The number of hydrogen-bond donors (Lipinski definition) is 1. The van der Waals surface area contributed by atoms with Crippen molar-refractivity contribution in [2.24, 2.45) is 0 Å². The molecule has 1 aliphatic rings. The summed E-state index contributed by atoms with van der Waals surface area (Å²) in [5.74, 6) is 1.39. The lowest BCUT2D eigenvalue weighted by atomic mass is 10.0. The van der Waals surface area contributed by atoms with E-state index in [1.165, 1.54) is 37.2 Å². The van der Waals surface area contributed by atoms with Gasteiger partial charge in [0.1, 0.15) is 5.82 Å². The molecule has 4 heteroatoms. The van der Waals surface area contributed by atoms with Crippen molar-refractivity contribution in [2.75, 3.05) is 5.32 Å². The molecule has 1 heterocycles. The summed E-state index contributed by atoms with van der Waals surface area (Å²) in [6.07, 6.45) is 5.17. The topological polar surface area (TPSA) is 37.8 Å². The molecule has 1 aromatic heterocycles. The van der Waals surface area contributed by atoms with Crippen LogP contribution in [0.5, 0.6) is 0 Å². The summed E-state index contributed by atoms with van der Waals surface area (Å²) < 4.78 is 4.36. The fourth-order valence-corrected chi connectivity index (χ4v) is 2.92. The molecule has 0 unspecified atom stereocenters. The molecule has 15 heavy (non-hydrogen) atoms. The highest BCUT2D eigenvalue weighted by molar-refractivity contribution is 7.09. The zero-order valence-corrected chi connectivity index (χ0v) is 10.5. The summed E-state index contributed by atoms with van der Waals surface area (Å²) >= 11 is 1.49. The highest BCUT2D eigenvalue weighted by atomic mass is 32.1. The molecule has 3 nitrogen and oxygen atoms in total. The monoisotopic (exact) mass is 225 g/mol. The summed E-state index contributed by atoms with van der Waals surface area (Å²) in [5.41, 5.74) is 0.258. The van der Waals surface area contributed by atoms with Gasteiger partial charge in [0.25, 0.3) is 0 Å². The van der Waals surface area contributed by atoms with Crippen LogP contribution in [-0.4, -0.2) is 14.9 Å². The lowest BCUT2D eigenvalue weighted by Crippen LogP contribution is -2.30. The van der Waals surface area contributed by atoms with E-state index in [-0.39, 0.29) is 5.54 Å². The first kappa shape index (κ1) is 10.9. The van der Waals surface area contributed by atoms with E-state index in [0.717, 1.165) is 11.0 Å². The number of anilines is 1. The third-order valence-electron chi connectivity index (χ3n) is 3.07. The molecular weight excluding hydrogens is 206 g/mol. The maximum absolute atomic E-state index is 4.51. The molecule has 1 fully saturated rings. The van der Waals surface area contributed by atoms with Crippen LogP contribution in [0.15, 0.2) is 0 Å². The Morgan fingerprint density at radius 3 is 2.53 bits per heavy atom. The largest absolute Gasteiger partial charge is 0.355 e. The molecule has 0 amide bonds. The first-order chi connectivity index (χ1) is 7.09. The number of nitrogens with zero attached hydrogens (tertiary/aromatic N) is 2. The van der Waals surface area contributed by atoms with Crippen LogP contribution in [0.3, 0.4) is 0 Å². The van der Waals surface area contributed by atoms with Crippen LogP contribution in [0.2, 0.25) is 0 Å². The lowest BCUT2D eigenvalue weighted by Gasteiger charge is -2.24. The summed E-state index contributed by atoms with van der Waals surface area (Å²) in [6, 6.07) is 0. The molecule has 1 aromatic rings. The predicted octanol–water partition coefficient (Wildman–Crippen LogP) is 3.41. The van der Waals surface area contributed by atoms with Crippen molar-refractivity contribution < 1.29 is 0 Å². The van der Waals surface area contributed by atoms with Crippen LogP contribution in [0, 0.1) is 0 Å². The second-order valence-electron chi connectivity index (χ2n) is 5.01. The Morgan fingerprint density at radius 1 is 1.33 bits per heavy atom. The zero-order valence-electron chi connectivity index (χ0n) is 9.71. The number of hydrogen-bond acceptors (Lipinski definition) is 4. The molecule has 1 saturated carbocycles. The predicted molar refractivity (Wildman–Crippen MR) is 64.5 cm³/mol. The summed E-state index contributed by atoms with van der Waals surface area (Å²) in [4.78, 5) is 4.51. The Hall–Kier alpha value is -0.640. The van der Waals surface area contributed by atoms with E-state index in [1.54, 1.807) is 0 Å². The van der Waals surface area contributed by atoms with E-state index < -0.39 is 0 Å². The van der Waals surface area contributed by atoms with Gasteiger partial charge < -0.3 is 5.32 Å². The minimum Gasteiger partial charge on any atom is -0.355 e. The molecule has 0 aliphatic heterocycles. The summed E-state index contributed by atoms with van der Waals surface area (Å²) in [5, 5.41) is 4.53. The Kier molecular flexibility index (Phi) is 2.96. The molecule has 0 saturated heterocycles. The molecule has 0 aromatic carbocycles. The quantitative estimate of drug-likeness (QED) is 0.856. The molecule has 2 rings (SSSR count). The van der Waals surface area contributed by atoms with Gasteiger partial charge in [-0.15, -0.1) is 0 Å². The van der Waals surface area contributed by atoms with Crippen LogP contribution in [0.1, 0.15) is 58.2 Å². The second-order valence-corrected chi connectivity index (χ2v) is 5.76. The van der Waals surface area contributed by atoms with E-state index in [0.29, 0.717) is 5.92 Å². The molecule has 0 spiro atoms. The van der Waals surface area contributed by atoms with Gasteiger partial charge in [-0.3, -0.25) is 0 Å². The van der Waals surface area contributed by atoms with E-state index in [1.807, 2.05) is 0 Å². The van der Waals surface area contributed by atoms with Crippen LogP contribution in [-0.2, 0) is 0 Å². The molecule has 0 atom stereocenters. The minimum atomic E-state index is 0.258. The van der Waals surface area contributed by atoms with Crippen LogP contribution >= 0.6 is 11.5 Å². The van der Waals surface area contributed by atoms with Crippen molar-refractivity contribution in [2.45, 2.75) is 57.9 Å². The van der Waals surface area contributed by atoms with Crippen molar-refractivity contribution in [3.63, 3.8) is 0 Å². The SMILES string of the molecule is CC(C)c1nsc(NC2(C)CCCC2)n1. The zero-order chi connectivity index (χ0) is 10.9. The van der Waals surface area contributed by atoms with Crippen molar-refractivity contribution in [3.05, 3.63) is 5.82 Å². The van der Waals surface area contributed by atoms with Gasteiger partial charge in [0.05, 0.1) is 0 Å². The average Bonchev–Trinajstić information content (AvgIpc) is 2.75. The summed E-state index contributed by atoms with van der Waals surface area (Å²) in [7, 11) is 0. The Balaban J connectivity index is 2.04. The summed E-state index contributed by atoms with van der Waals surface area (Å²) in [6.45, 7) is 6.54. The van der Waals surface area contributed by atoms with Gasteiger partial charge in [0.15, 0.2) is 0 Å². The van der Waals surface area contributed by atoms with Gasteiger partial charge >= 0.3 is 0 Å². The van der Waals surface area contributed by atoms with Gasteiger partial charge in [-0.2, -0.15) is 4.37 Å². The first-order valence-electron chi connectivity index (χ1n) is 5.71. The minimum absolute atomic E-state index is 0.258. The molecule has 84 valence electrons. The lowest BCUT2D eigenvalue weighted by molar-refractivity contribution is 0.532. The van der Waals surface area contributed by atoms with E-state index in [9.17, 15) is 0 Å². The van der Waals surface area contributed by atoms with Gasteiger partial charge in [-0.25, -0.2) is 4.98 Å². The van der Waals surface area contributed by atoms with Crippen molar-refractivity contribution in [1.29, 1.82) is 0 Å². The van der Waals surface area contributed by atoms with Gasteiger partial charge in [-0.05, 0) is 19.8 Å². The number of rotatable bonds is 3. The maximum Gasteiger partial charge on any atom is 0.203 e. The maximum atomic E-state index is 4.51. The molecule has 1 aliphatic carbocycles. The number of aromatic nitrogens is 2. The van der Waals surface area contributed by atoms with Crippen molar-refractivity contribution in [1.82, 2.24) is 9.36 Å². The van der Waals surface area contributed by atoms with Gasteiger partial charge in [0, 0.05) is 23.0 Å². The Bertz CT molecular complexity index is 326. The number of nitrogens with one attached hydrogen (secondary N) is 1. The normalized spacial score (nSPS) is 19.7. The van der Waals surface area contributed by atoms with Crippen LogP contribution in [0.4, 0.5) is 5.13 Å². The van der Waals surface area contributed by atoms with Crippen molar-refractivity contribution in [3.8, 4) is 0 Å². The van der Waals surface area contributed by atoms with Gasteiger partial charge in [0.2, 0.25) is 5.13 Å². The average molecular weight is 225 g/mol. The second kappa shape index (κ2) is 4.08. The fourth-order valence-electron chi connectivity index (χ4n) is 2.06. The smallest absolute Gasteiger partial charge is 0.203 e. The molecule has 1 N–H and O–H groups in total. The van der Waals surface area contributed by atoms with Crippen molar-refractivity contribution >= 4 is 16.7 Å². The highest BCUT2D eigenvalue weighted by Crippen LogP contribution is 2.33. The van der Waals surface area contributed by atoms with Crippen LogP contribution < -0.4 is 5.32 Å². The third kappa shape index (κ3) is 2.48. The highest BCUT2D eigenvalue weighted by Gasteiger charge is 2.29. The molecule has 0 bridgehead atoms. The van der Waals surface area contributed by atoms with E-state index >= 15 is 0 Å².